The number of oxazole rings is 1. The number of nitrogens with one attached hydrogen (secondary N) is 2. The highest BCUT2D eigenvalue weighted by atomic mass is 16.5. The Hall–Kier alpha value is -2.50. The summed E-state index contributed by atoms with van der Waals surface area (Å²) in [7, 11) is 1.74. The van der Waals surface area contributed by atoms with Gasteiger partial charge in [-0.25, -0.2) is 4.98 Å². The molecule has 0 amide bonds. The van der Waals surface area contributed by atoms with E-state index in [1.165, 1.54) is 5.56 Å². The largest absolute Gasteiger partial charge is 0.491 e. The van der Waals surface area contributed by atoms with Gasteiger partial charge in [0.1, 0.15) is 11.5 Å². The molecule has 1 heterocycles. The van der Waals surface area contributed by atoms with Crippen LogP contribution in [-0.2, 0) is 13.1 Å². The Morgan fingerprint density at radius 2 is 1.92 bits per heavy atom. The standard InChI is InChI=1S/C19H28N4O2/c1-12(2)24-17-9-13(3)7-8-16(17)10-21-19(20-6)22-11-18-23-14(4)15(5)25-18/h7-9,12H,10-11H2,1-6H3,(H2,20,21,22). The zero-order valence-corrected chi connectivity index (χ0v) is 15.9. The summed E-state index contributed by atoms with van der Waals surface area (Å²) < 4.78 is 11.5. The van der Waals surface area contributed by atoms with Crippen LogP contribution in [0.5, 0.6) is 5.75 Å². The molecular formula is C19H28N4O2. The minimum atomic E-state index is 0.134. The fourth-order valence-corrected chi connectivity index (χ4v) is 2.35. The minimum absolute atomic E-state index is 0.134. The fourth-order valence-electron chi connectivity index (χ4n) is 2.35. The summed E-state index contributed by atoms with van der Waals surface area (Å²) in [5, 5.41) is 6.51. The number of ether oxygens (including phenoxy) is 1. The SMILES string of the molecule is CN=C(NCc1nc(C)c(C)o1)NCc1ccc(C)cc1OC(C)C. The van der Waals surface area contributed by atoms with Gasteiger partial charge < -0.3 is 19.8 Å². The van der Waals surface area contributed by atoms with Crippen LogP contribution in [-0.4, -0.2) is 24.1 Å². The van der Waals surface area contributed by atoms with Gasteiger partial charge in [-0.05, 0) is 46.2 Å². The average molecular weight is 344 g/mol. The topological polar surface area (TPSA) is 71.7 Å². The third kappa shape index (κ3) is 5.52. The molecule has 25 heavy (non-hydrogen) atoms. The molecule has 2 aromatic rings. The Balaban J connectivity index is 1.96. The molecular weight excluding hydrogens is 316 g/mol. The molecule has 6 nitrogen and oxygen atoms in total. The van der Waals surface area contributed by atoms with Crippen molar-refractivity contribution in [3.8, 4) is 5.75 Å². The number of rotatable bonds is 6. The van der Waals surface area contributed by atoms with Gasteiger partial charge in [-0.15, -0.1) is 0 Å². The van der Waals surface area contributed by atoms with Crippen molar-refractivity contribution in [3.63, 3.8) is 0 Å². The van der Waals surface area contributed by atoms with Crippen molar-refractivity contribution in [1.29, 1.82) is 0 Å². The second-order valence-corrected chi connectivity index (χ2v) is 6.31. The molecule has 0 aliphatic carbocycles. The van der Waals surface area contributed by atoms with E-state index in [0.717, 1.165) is 22.8 Å². The number of benzene rings is 1. The van der Waals surface area contributed by atoms with E-state index in [2.05, 4.69) is 45.7 Å². The highest BCUT2D eigenvalue weighted by Crippen LogP contribution is 2.21. The minimum Gasteiger partial charge on any atom is -0.491 e. The van der Waals surface area contributed by atoms with Gasteiger partial charge in [0, 0.05) is 19.2 Å². The number of hydrogen-bond donors (Lipinski definition) is 2. The summed E-state index contributed by atoms with van der Waals surface area (Å²) in [6.45, 7) is 11.1. The van der Waals surface area contributed by atoms with Crippen LogP contribution in [0.25, 0.3) is 0 Å². The first-order chi connectivity index (χ1) is 11.9. The molecule has 0 bridgehead atoms. The molecule has 0 fully saturated rings. The van der Waals surface area contributed by atoms with E-state index >= 15 is 0 Å². The molecule has 6 heteroatoms. The average Bonchev–Trinajstić information content (AvgIpc) is 2.87. The van der Waals surface area contributed by atoms with Gasteiger partial charge in [0.15, 0.2) is 5.96 Å². The second kappa shape index (κ2) is 8.55. The maximum Gasteiger partial charge on any atom is 0.214 e. The first-order valence-electron chi connectivity index (χ1n) is 8.52. The second-order valence-electron chi connectivity index (χ2n) is 6.31. The number of aryl methyl sites for hydroxylation is 3. The van der Waals surface area contributed by atoms with Gasteiger partial charge in [0.2, 0.25) is 5.89 Å². The molecule has 0 saturated heterocycles. The lowest BCUT2D eigenvalue weighted by molar-refractivity contribution is 0.239. The van der Waals surface area contributed by atoms with Crippen molar-refractivity contribution in [2.24, 2.45) is 4.99 Å². The van der Waals surface area contributed by atoms with Crippen LogP contribution in [0.2, 0.25) is 0 Å². The molecule has 0 radical (unpaired) electrons. The molecule has 0 unspecified atom stereocenters. The van der Waals surface area contributed by atoms with Crippen LogP contribution >= 0.6 is 0 Å². The molecule has 2 N–H and O–H groups in total. The van der Waals surface area contributed by atoms with E-state index in [9.17, 15) is 0 Å². The van der Waals surface area contributed by atoms with Crippen molar-refractivity contribution < 1.29 is 9.15 Å². The Bertz CT molecular complexity index is 716. The van der Waals surface area contributed by atoms with Crippen molar-refractivity contribution in [2.45, 2.75) is 53.8 Å². The highest BCUT2D eigenvalue weighted by molar-refractivity contribution is 5.79. The number of guanidine groups is 1. The van der Waals surface area contributed by atoms with Gasteiger partial charge in [-0.1, -0.05) is 12.1 Å². The summed E-state index contributed by atoms with van der Waals surface area (Å²) in [4.78, 5) is 8.60. The van der Waals surface area contributed by atoms with Crippen molar-refractivity contribution in [1.82, 2.24) is 15.6 Å². The lowest BCUT2D eigenvalue weighted by Gasteiger charge is -2.16. The Labute approximate surface area is 149 Å². The monoisotopic (exact) mass is 344 g/mol. The van der Waals surface area contributed by atoms with Crippen molar-refractivity contribution >= 4 is 5.96 Å². The van der Waals surface area contributed by atoms with Gasteiger partial charge in [-0.2, -0.15) is 0 Å². The summed E-state index contributed by atoms with van der Waals surface area (Å²) in [6, 6.07) is 6.22. The van der Waals surface area contributed by atoms with Gasteiger partial charge >= 0.3 is 0 Å². The predicted molar refractivity (Wildman–Crippen MR) is 100.0 cm³/mol. The van der Waals surface area contributed by atoms with Crippen molar-refractivity contribution in [2.75, 3.05) is 7.05 Å². The smallest absolute Gasteiger partial charge is 0.214 e. The van der Waals surface area contributed by atoms with Crippen LogP contribution in [0.1, 0.15) is 42.3 Å². The third-order valence-electron chi connectivity index (χ3n) is 3.74. The van der Waals surface area contributed by atoms with Gasteiger partial charge in [0.25, 0.3) is 0 Å². The van der Waals surface area contributed by atoms with Gasteiger partial charge in [-0.3, -0.25) is 4.99 Å². The summed E-state index contributed by atoms with van der Waals surface area (Å²) in [5.74, 6) is 3.08. The first kappa shape index (κ1) is 18.8. The summed E-state index contributed by atoms with van der Waals surface area (Å²) >= 11 is 0. The van der Waals surface area contributed by atoms with Crippen LogP contribution < -0.4 is 15.4 Å². The van der Waals surface area contributed by atoms with E-state index in [1.807, 2.05) is 27.7 Å². The van der Waals surface area contributed by atoms with Crippen LogP contribution in [0.4, 0.5) is 0 Å². The maximum atomic E-state index is 5.91. The Morgan fingerprint density at radius 3 is 2.52 bits per heavy atom. The summed E-state index contributed by atoms with van der Waals surface area (Å²) in [5.41, 5.74) is 3.18. The molecule has 1 aromatic carbocycles. The van der Waals surface area contributed by atoms with Crippen LogP contribution in [0, 0.1) is 20.8 Å². The molecule has 0 saturated carbocycles. The van der Waals surface area contributed by atoms with E-state index < -0.39 is 0 Å². The van der Waals surface area contributed by atoms with E-state index in [-0.39, 0.29) is 6.10 Å². The quantitative estimate of drug-likeness (QED) is 0.622. The zero-order valence-electron chi connectivity index (χ0n) is 15.9. The summed E-state index contributed by atoms with van der Waals surface area (Å²) in [6.07, 6.45) is 0.134. The van der Waals surface area contributed by atoms with Crippen LogP contribution in [0.3, 0.4) is 0 Å². The lowest BCUT2D eigenvalue weighted by atomic mass is 10.1. The number of aliphatic imine (C=N–C) groups is 1. The Morgan fingerprint density at radius 1 is 1.20 bits per heavy atom. The number of nitrogens with zero attached hydrogens (tertiary/aromatic N) is 2. The van der Waals surface area contributed by atoms with E-state index in [1.54, 1.807) is 7.05 Å². The molecule has 0 aliphatic heterocycles. The van der Waals surface area contributed by atoms with Crippen molar-refractivity contribution in [3.05, 3.63) is 46.7 Å². The number of hydrogen-bond acceptors (Lipinski definition) is 4. The first-order valence-corrected chi connectivity index (χ1v) is 8.52. The normalized spacial score (nSPS) is 11.7. The number of aromatic nitrogens is 1. The Kier molecular flexibility index (Phi) is 6.44. The van der Waals surface area contributed by atoms with Gasteiger partial charge in [0.05, 0.1) is 18.3 Å². The molecule has 0 spiro atoms. The molecule has 136 valence electrons. The molecule has 2 rings (SSSR count). The molecule has 0 aliphatic rings. The lowest BCUT2D eigenvalue weighted by Crippen LogP contribution is -2.36. The predicted octanol–water partition coefficient (Wildman–Crippen LogP) is 3.25. The zero-order chi connectivity index (χ0) is 18.4. The van der Waals surface area contributed by atoms with E-state index in [4.69, 9.17) is 9.15 Å². The molecule has 1 aromatic heterocycles. The maximum absolute atomic E-state index is 5.91. The van der Waals surface area contributed by atoms with Crippen LogP contribution in [0.15, 0.2) is 27.6 Å². The highest BCUT2D eigenvalue weighted by Gasteiger charge is 2.09. The third-order valence-corrected chi connectivity index (χ3v) is 3.74. The van der Waals surface area contributed by atoms with E-state index in [0.29, 0.717) is 24.9 Å². The molecule has 0 atom stereocenters. The fraction of sp³-hybridized carbons (Fsp3) is 0.474.